The molecule has 1 nitrogen and oxygen atoms in total. The molecule has 2 aromatic carbocycles. The third-order valence-electron chi connectivity index (χ3n) is 6.02. The zero-order chi connectivity index (χ0) is 13.3. The minimum Gasteiger partial charge on any atom is -0.302 e. The van der Waals surface area contributed by atoms with E-state index in [1.54, 1.807) is 0 Å². The van der Waals surface area contributed by atoms with Crippen LogP contribution in [0.3, 0.4) is 0 Å². The zero-order valence-electron chi connectivity index (χ0n) is 11.2. The first kappa shape index (κ1) is 10.8. The summed E-state index contributed by atoms with van der Waals surface area (Å²) in [4.78, 5) is 11.9. The van der Waals surface area contributed by atoms with E-state index in [1.165, 1.54) is 29.4 Å². The molecule has 5 rings (SSSR count). The van der Waals surface area contributed by atoms with E-state index in [2.05, 4.69) is 54.6 Å². The normalized spacial score (nSPS) is 39.2. The number of carbonyl (C=O) groups excluding carboxylic acids is 1. The average Bonchev–Trinajstić information content (AvgIpc) is 3.04. The van der Waals surface area contributed by atoms with Crippen LogP contribution in [0.25, 0.3) is 0 Å². The molecule has 20 heavy (non-hydrogen) atoms. The van der Waals surface area contributed by atoms with Crippen molar-refractivity contribution in [3.63, 3.8) is 0 Å². The molecule has 0 aromatic heterocycles. The maximum Gasteiger partial charge on any atom is 0.131 e. The molecule has 0 radical (unpaired) electrons. The van der Waals surface area contributed by atoms with Crippen molar-refractivity contribution in [1.29, 1.82) is 0 Å². The van der Waals surface area contributed by atoms with Crippen molar-refractivity contribution in [2.24, 2.45) is 11.8 Å². The first-order valence-corrected chi connectivity index (χ1v) is 7.48. The van der Waals surface area contributed by atoms with Gasteiger partial charge in [-0.15, -0.1) is 0 Å². The van der Waals surface area contributed by atoms with Crippen molar-refractivity contribution in [3.8, 4) is 0 Å². The first-order chi connectivity index (χ1) is 9.88. The number of aldehydes is 1. The zero-order valence-corrected chi connectivity index (χ0v) is 11.2. The summed E-state index contributed by atoms with van der Waals surface area (Å²) in [5.74, 6) is 2.29. The second-order valence-electron chi connectivity index (χ2n) is 6.55. The van der Waals surface area contributed by atoms with Crippen LogP contribution in [0.15, 0.2) is 54.6 Å². The highest BCUT2D eigenvalue weighted by Crippen LogP contribution is 2.79. The van der Waals surface area contributed by atoms with E-state index in [1.807, 2.05) is 0 Å². The van der Waals surface area contributed by atoms with Crippen molar-refractivity contribution in [1.82, 2.24) is 0 Å². The maximum absolute atomic E-state index is 11.9. The molecule has 2 aromatic rings. The van der Waals surface area contributed by atoms with Crippen LogP contribution in [0.5, 0.6) is 0 Å². The van der Waals surface area contributed by atoms with Gasteiger partial charge in [-0.05, 0) is 46.8 Å². The summed E-state index contributed by atoms with van der Waals surface area (Å²) >= 11 is 0. The van der Waals surface area contributed by atoms with Gasteiger partial charge in [0.2, 0.25) is 0 Å². The van der Waals surface area contributed by atoms with Gasteiger partial charge < -0.3 is 4.79 Å². The van der Waals surface area contributed by atoms with Gasteiger partial charge in [0.1, 0.15) is 6.29 Å². The summed E-state index contributed by atoms with van der Waals surface area (Å²) in [6.07, 6.45) is 2.45. The third kappa shape index (κ3) is 1.02. The molecule has 0 aliphatic heterocycles. The second kappa shape index (κ2) is 3.41. The molecule has 2 bridgehead atoms. The molecule has 0 spiro atoms. The SMILES string of the molecule is O=CC12c3ccccc3C3CC1C2[C@H]3c1ccccc1. The Labute approximate surface area is 118 Å². The summed E-state index contributed by atoms with van der Waals surface area (Å²) < 4.78 is 0. The van der Waals surface area contributed by atoms with E-state index >= 15 is 0 Å². The Kier molecular flexibility index (Phi) is 1.85. The Hall–Kier alpha value is -1.89. The number of carbonyl (C=O) groups is 1. The molecule has 2 fully saturated rings. The third-order valence-corrected chi connectivity index (χ3v) is 6.02. The maximum atomic E-state index is 11.9. The van der Waals surface area contributed by atoms with Crippen LogP contribution in [0, 0.1) is 11.8 Å². The molecule has 0 saturated heterocycles. The summed E-state index contributed by atoms with van der Waals surface area (Å²) in [5.41, 5.74) is 4.02. The Bertz CT molecular complexity index is 705. The molecule has 0 heterocycles. The molecule has 3 aliphatic carbocycles. The van der Waals surface area contributed by atoms with E-state index < -0.39 is 0 Å². The van der Waals surface area contributed by atoms with E-state index in [9.17, 15) is 4.79 Å². The highest BCUT2D eigenvalue weighted by atomic mass is 16.1. The van der Waals surface area contributed by atoms with Gasteiger partial charge in [-0.1, -0.05) is 54.6 Å². The van der Waals surface area contributed by atoms with E-state index in [0.717, 1.165) is 0 Å². The molecule has 98 valence electrons. The van der Waals surface area contributed by atoms with Crippen LogP contribution < -0.4 is 0 Å². The van der Waals surface area contributed by atoms with Crippen LogP contribution in [-0.4, -0.2) is 6.29 Å². The Morgan fingerprint density at radius 1 is 1.00 bits per heavy atom. The minimum absolute atomic E-state index is 0.161. The monoisotopic (exact) mass is 260 g/mol. The molecule has 5 atom stereocenters. The molecule has 3 aliphatic rings. The van der Waals surface area contributed by atoms with Crippen molar-refractivity contribution in [2.75, 3.05) is 0 Å². The Morgan fingerprint density at radius 2 is 1.75 bits per heavy atom. The average molecular weight is 260 g/mol. The molecular weight excluding hydrogens is 244 g/mol. The number of rotatable bonds is 2. The number of hydrogen-bond acceptors (Lipinski definition) is 1. The predicted octanol–water partition coefficient (Wildman–Crippen LogP) is 3.65. The lowest BCUT2D eigenvalue weighted by Gasteiger charge is -2.37. The fraction of sp³-hybridized carbons (Fsp3) is 0.316. The second-order valence-corrected chi connectivity index (χ2v) is 6.55. The quantitative estimate of drug-likeness (QED) is 0.753. The van der Waals surface area contributed by atoms with E-state index in [0.29, 0.717) is 23.7 Å². The van der Waals surface area contributed by atoms with Gasteiger partial charge in [0.05, 0.1) is 5.41 Å². The van der Waals surface area contributed by atoms with Gasteiger partial charge in [0, 0.05) is 0 Å². The molecule has 4 unspecified atom stereocenters. The number of fused-ring (bicyclic) bond motifs is 5. The van der Waals surface area contributed by atoms with Gasteiger partial charge in [-0.25, -0.2) is 0 Å². The Balaban J connectivity index is 1.73. The van der Waals surface area contributed by atoms with Gasteiger partial charge in [-0.3, -0.25) is 0 Å². The fourth-order valence-electron chi connectivity index (χ4n) is 5.33. The summed E-state index contributed by atoms with van der Waals surface area (Å²) in [7, 11) is 0. The van der Waals surface area contributed by atoms with Gasteiger partial charge in [-0.2, -0.15) is 0 Å². The van der Waals surface area contributed by atoms with Crippen LogP contribution >= 0.6 is 0 Å². The van der Waals surface area contributed by atoms with Crippen LogP contribution in [0.1, 0.15) is 34.9 Å². The highest BCUT2D eigenvalue weighted by molar-refractivity contribution is 5.80. The summed E-state index contributed by atoms with van der Waals surface area (Å²) in [6, 6.07) is 19.4. The van der Waals surface area contributed by atoms with E-state index in [4.69, 9.17) is 0 Å². The lowest BCUT2D eigenvalue weighted by Crippen LogP contribution is -2.31. The van der Waals surface area contributed by atoms with Crippen LogP contribution in [0.2, 0.25) is 0 Å². The topological polar surface area (TPSA) is 17.1 Å². The molecule has 0 amide bonds. The number of hydrogen-bond donors (Lipinski definition) is 0. The number of benzene rings is 2. The first-order valence-electron chi connectivity index (χ1n) is 7.48. The van der Waals surface area contributed by atoms with Crippen molar-refractivity contribution in [2.45, 2.75) is 23.7 Å². The molecular formula is C19H16O. The summed E-state index contributed by atoms with van der Waals surface area (Å²) in [6.45, 7) is 0. The smallest absolute Gasteiger partial charge is 0.131 e. The van der Waals surface area contributed by atoms with E-state index in [-0.39, 0.29) is 5.41 Å². The summed E-state index contributed by atoms with van der Waals surface area (Å²) in [5, 5.41) is 0. The van der Waals surface area contributed by atoms with Crippen LogP contribution in [-0.2, 0) is 10.2 Å². The predicted molar refractivity (Wildman–Crippen MR) is 77.7 cm³/mol. The van der Waals surface area contributed by atoms with Crippen molar-refractivity contribution in [3.05, 3.63) is 71.3 Å². The Morgan fingerprint density at radius 3 is 2.55 bits per heavy atom. The van der Waals surface area contributed by atoms with Gasteiger partial charge >= 0.3 is 0 Å². The highest BCUT2D eigenvalue weighted by Gasteiger charge is 2.76. The van der Waals surface area contributed by atoms with Crippen LogP contribution in [0.4, 0.5) is 0 Å². The molecule has 0 N–H and O–H groups in total. The fourth-order valence-corrected chi connectivity index (χ4v) is 5.33. The standard InChI is InChI=1S/C19H16O/c20-11-19-15-9-5-4-8-13(15)14-10-16(19)18(19)17(14)12-6-2-1-3-7-12/h1-9,11,14,16-18H,10H2/t14?,16?,17-,18?,19?/m0/s1. The van der Waals surface area contributed by atoms with Gasteiger partial charge in [0.15, 0.2) is 0 Å². The van der Waals surface area contributed by atoms with Gasteiger partial charge in [0.25, 0.3) is 0 Å². The lowest BCUT2D eigenvalue weighted by molar-refractivity contribution is -0.111. The molecule has 1 heteroatoms. The minimum atomic E-state index is -0.161. The van der Waals surface area contributed by atoms with Crippen molar-refractivity contribution < 1.29 is 4.79 Å². The largest absolute Gasteiger partial charge is 0.302 e. The molecule has 2 saturated carbocycles. The lowest BCUT2D eigenvalue weighted by atomic mass is 9.66. The van der Waals surface area contributed by atoms with Crippen molar-refractivity contribution >= 4 is 6.29 Å².